The molecule has 0 aliphatic rings. The minimum absolute atomic E-state index is 0.177. The first kappa shape index (κ1) is 9.92. The van der Waals surface area contributed by atoms with Crippen molar-refractivity contribution in [1.29, 1.82) is 0 Å². The van der Waals surface area contributed by atoms with Crippen molar-refractivity contribution in [3.63, 3.8) is 0 Å². The average Bonchev–Trinajstić information content (AvgIpc) is 1.85. The molecule has 0 aromatic carbocycles. The minimum Gasteiger partial charge on any atom is -0.393 e. The summed E-state index contributed by atoms with van der Waals surface area (Å²) < 4.78 is 0. The monoisotopic (exact) mass is 145 g/mol. The van der Waals surface area contributed by atoms with E-state index < -0.39 is 0 Å². The number of nitrogens with zero attached hydrogens (tertiary/aromatic N) is 1. The zero-order valence-electron chi connectivity index (χ0n) is 7.46. The number of hydrogen-bond acceptors (Lipinski definition) is 2. The number of aliphatic hydroxyl groups excluding tert-OH is 1. The molecular formula is C8H19NO. The van der Waals surface area contributed by atoms with Gasteiger partial charge in [-0.2, -0.15) is 0 Å². The molecule has 0 radical (unpaired) electrons. The fraction of sp³-hybridized carbons (Fsp3) is 1.00. The van der Waals surface area contributed by atoms with Gasteiger partial charge in [-0.1, -0.05) is 6.92 Å². The van der Waals surface area contributed by atoms with E-state index in [0.29, 0.717) is 6.04 Å². The number of rotatable bonds is 4. The molecule has 2 heteroatoms. The second kappa shape index (κ2) is 4.69. The highest BCUT2D eigenvalue weighted by Crippen LogP contribution is 2.03. The topological polar surface area (TPSA) is 23.5 Å². The second-order valence-electron chi connectivity index (χ2n) is 3.01. The Bertz CT molecular complexity index is 83.3. The maximum Gasteiger partial charge on any atom is 0.0526 e. The third-order valence-electron chi connectivity index (χ3n) is 1.93. The second-order valence-corrected chi connectivity index (χ2v) is 3.01. The highest BCUT2D eigenvalue weighted by molar-refractivity contribution is 4.64. The van der Waals surface area contributed by atoms with Crippen molar-refractivity contribution in [2.45, 2.75) is 39.3 Å². The zero-order chi connectivity index (χ0) is 8.15. The van der Waals surface area contributed by atoms with Crippen LogP contribution in [-0.4, -0.2) is 35.7 Å². The molecule has 2 nitrogen and oxygen atoms in total. The largest absolute Gasteiger partial charge is 0.393 e. The standard InChI is InChI=1S/C8H19NO/c1-5-9(4)7(2)6-8(3)10/h7-8,10H,5-6H2,1-4H3. The molecule has 2 unspecified atom stereocenters. The Labute approximate surface area is 63.8 Å². The van der Waals surface area contributed by atoms with Crippen molar-refractivity contribution in [3.8, 4) is 0 Å². The molecule has 2 atom stereocenters. The van der Waals surface area contributed by atoms with Crippen LogP contribution in [-0.2, 0) is 0 Å². The molecule has 0 aliphatic carbocycles. The predicted molar refractivity (Wildman–Crippen MR) is 44.1 cm³/mol. The first-order valence-electron chi connectivity index (χ1n) is 3.96. The van der Waals surface area contributed by atoms with Crippen LogP contribution < -0.4 is 0 Å². The van der Waals surface area contributed by atoms with Crippen molar-refractivity contribution < 1.29 is 5.11 Å². The Balaban J connectivity index is 3.50. The Kier molecular flexibility index (Phi) is 4.65. The van der Waals surface area contributed by atoms with E-state index in [9.17, 15) is 0 Å². The lowest BCUT2D eigenvalue weighted by atomic mass is 10.1. The Morgan fingerprint density at radius 3 is 2.20 bits per heavy atom. The molecule has 62 valence electrons. The molecule has 0 saturated heterocycles. The summed E-state index contributed by atoms with van der Waals surface area (Å²) in [6.07, 6.45) is 0.689. The van der Waals surface area contributed by atoms with E-state index in [2.05, 4.69) is 25.8 Å². The van der Waals surface area contributed by atoms with Gasteiger partial charge in [0.25, 0.3) is 0 Å². The molecule has 0 fully saturated rings. The van der Waals surface area contributed by atoms with Crippen LogP contribution in [0.4, 0.5) is 0 Å². The summed E-state index contributed by atoms with van der Waals surface area (Å²) in [4.78, 5) is 2.23. The summed E-state index contributed by atoms with van der Waals surface area (Å²) in [5.74, 6) is 0. The van der Waals surface area contributed by atoms with E-state index in [4.69, 9.17) is 5.11 Å². The van der Waals surface area contributed by atoms with Crippen molar-refractivity contribution >= 4 is 0 Å². The first-order valence-corrected chi connectivity index (χ1v) is 3.96. The fourth-order valence-corrected chi connectivity index (χ4v) is 0.985. The Morgan fingerprint density at radius 1 is 1.40 bits per heavy atom. The molecule has 0 heterocycles. The molecule has 0 aromatic heterocycles. The molecular weight excluding hydrogens is 126 g/mol. The quantitative estimate of drug-likeness (QED) is 0.640. The van der Waals surface area contributed by atoms with E-state index in [0.717, 1.165) is 13.0 Å². The zero-order valence-corrected chi connectivity index (χ0v) is 7.46. The highest BCUT2D eigenvalue weighted by Gasteiger charge is 2.08. The molecule has 0 aliphatic heterocycles. The SMILES string of the molecule is CCN(C)C(C)CC(C)O. The highest BCUT2D eigenvalue weighted by atomic mass is 16.3. The molecule has 0 aromatic rings. The third-order valence-corrected chi connectivity index (χ3v) is 1.93. The summed E-state index contributed by atoms with van der Waals surface area (Å²) in [6.45, 7) is 7.14. The number of hydrogen-bond donors (Lipinski definition) is 1. The predicted octanol–water partition coefficient (Wildman–Crippen LogP) is 1.10. The lowest BCUT2D eigenvalue weighted by Crippen LogP contribution is -2.31. The summed E-state index contributed by atoms with van der Waals surface area (Å²) >= 11 is 0. The van der Waals surface area contributed by atoms with Crippen molar-refractivity contribution in [2.75, 3.05) is 13.6 Å². The molecule has 0 spiro atoms. The summed E-state index contributed by atoms with van der Waals surface area (Å²) in [7, 11) is 2.08. The van der Waals surface area contributed by atoms with Gasteiger partial charge in [-0.3, -0.25) is 0 Å². The lowest BCUT2D eigenvalue weighted by Gasteiger charge is -2.23. The van der Waals surface area contributed by atoms with Crippen LogP contribution in [0.1, 0.15) is 27.2 Å². The van der Waals surface area contributed by atoms with Gasteiger partial charge < -0.3 is 10.0 Å². The minimum atomic E-state index is -0.177. The van der Waals surface area contributed by atoms with Gasteiger partial charge in [0.15, 0.2) is 0 Å². The van der Waals surface area contributed by atoms with Gasteiger partial charge in [0.05, 0.1) is 6.10 Å². The molecule has 0 amide bonds. The van der Waals surface area contributed by atoms with Crippen LogP contribution in [0.25, 0.3) is 0 Å². The van der Waals surface area contributed by atoms with Gasteiger partial charge in [0, 0.05) is 6.04 Å². The van der Waals surface area contributed by atoms with E-state index in [1.165, 1.54) is 0 Å². The smallest absolute Gasteiger partial charge is 0.0526 e. The molecule has 0 bridgehead atoms. The maximum absolute atomic E-state index is 9.04. The van der Waals surface area contributed by atoms with Gasteiger partial charge in [0.2, 0.25) is 0 Å². The van der Waals surface area contributed by atoms with Gasteiger partial charge in [-0.25, -0.2) is 0 Å². The van der Waals surface area contributed by atoms with Crippen molar-refractivity contribution in [3.05, 3.63) is 0 Å². The van der Waals surface area contributed by atoms with Crippen LogP contribution in [0.2, 0.25) is 0 Å². The average molecular weight is 145 g/mol. The maximum atomic E-state index is 9.04. The van der Waals surface area contributed by atoms with Gasteiger partial charge in [-0.05, 0) is 33.9 Å². The molecule has 0 saturated carbocycles. The van der Waals surface area contributed by atoms with Crippen LogP contribution in [0.3, 0.4) is 0 Å². The Hall–Kier alpha value is -0.0800. The van der Waals surface area contributed by atoms with E-state index in [1.807, 2.05) is 6.92 Å². The van der Waals surface area contributed by atoms with Crippen LogP contribution >= 0.6 is 0 Å². The molecule has 10 heavy (non-hydrogen) atoms. The lowest BCUT2D eigenvalue weighted by molar-refractivity contribution is 0.136. The van der Waals surface area contributed by atoms with Crippen LogP contribution in [0, 0.1) is 0 Å². The third kappa shape index (κ3) is 3.85. The van der Waals surface area contributed by atoms with E-state index in [1.54, 1.807) is 0 Å². The first-order chi connectivity index (χ1) is 4.57. The number of aliphatic hydroxyl groups is 1. The summed E-state index contributed by atoms with van der Waals surface area (Å²) in [6, 6.07) is 0.491. The summed E-state index contributed by atoms with van der Waals surface area (Å²) in [5.41, 5.74) is 0. The fourth-order valence-electron chi connectivity index (χ4n) is 0.985. The van der Waals surface area contributed by atoms with Gasteiger partial charge in [-0.15, -0.1) is 0 Å². The molecule has 1 N–H and O–H groups in total. The van der Waals surface area contributed by atoms with E-state index >= 15 is 0 Å². The molecule has 0 rings (SSSR count). The summed E-state index contributed by atoms with van der Waals surface area (Å²) in [5, 5.41) is 9.04. The van der Waals surface area contributed by atoms with E-state index in [-0.39, 0.29) is 6.10 Å². The van der Waals surface area contributed by atoms with Crippen LogP contribution in [0.5, 0.6) is 0 Å². The van der Waals surface area contributed by atoms with Crippen molar-refractivity contribution in [1.82, 2.24) is 4.90 Å². The van der Waals surface area contributed by atoms with Crippen LogP contribution in [0.15, 0.2) is 0 Å². The van der Waals surface area contributed by atoms with Crippen molar-refractivity contribution in [2.24, 2.45) is 0 Å². The normalized spacial score (nSPS) is 17.4. The van der Waals surface area contributed by atoms with Gasteiger partial charge in [0.1, 0.15) is 0 Å². The Morgan fingerprint density at radius 2 is 1.90 bits per heavy atom. The van der Waals surface area contributed by atoms with Gasteiger partial charge >= 0.3 is 0 Å².